The van der Waals surface area contributed by atoms with E-state index in [4.69, 9.17) is 0 Å². The van der Waals surface area contributed by atoms with Crippen molar-refractivity contribution in [1.29, 1.82) is 0 Å². The summed E-state index contributed by atoms with van der Waals surface area (Å²) >= 11 is 0. The smallest absolute Gasteiger partial charge is 0.247 e. The molecule has 1 aromatic rings. The van der Waals surface area contributed by atoms with Crippen LogP contribution in [0, 0.1) is 0 Å². The zero-order valence-electron chi connectivity index (χ0n) is 12.1. The molecule has 112 valence electrons. The third kappa shape index (κ3) is 7.06. The zero-order chi connectivity index (χ0) is 15.7. The predicted molar refractivity (Wildman–Crippen MR) is 80.6 cm³/mol. The molecule has 0 spiro atoms. The van der Waals surface area contributed by atoms with E-state index in [1.54, 1.807) is 0 Å². The van der Waals surface area contributed by atoms with E-state index < -0.39 is 0 Å². The van der Waals surface area contributed by atoms with E-state index in [-0.39, 0.29) is 30.6 Å². The molecule has 0 saturated heterocycles. The van der Waals surface area contributed by atoms with E-state index in [0.717, 1.165) is 5.56 Å². The normalized spacial score (nSPS) is 9.76. The monoisotopic (exact) mass is 288 g/mol. The first-order valence-corrected chi connectivity index (χ1v) is 6.75. The van der Waals surface area contributed by atoms with Crippen molar-refractivity contribution >= 4 is 17.6 Å². The summed E-state index contributed by atoms with van der Waals surface area (Å²) in [6.07, 6.45) is 0.359. The lowest BCUT2D eigenvalue weighted by Crippen LogP contribution is -2.35. The average molecular weight is 288 g/mol. The summed E-state index contributed by atoms with van der Waals surface area (Å²) in [5.74, 6) is -0.757. The van der Waals surface area contributed by atoms with Crippen LogP contribution in [0.15, 0.2) is 42.5 Å². The first-order valence-electron chi connectivity index (χ1n) is 6.75. The first-order chi connectivity index (χ1) is 9.99. The van der Waals surface area contributed by atoms with Crippen molar-refractivity contribution in [2.24, 2.45) is 0 Å². The molecule has 5 heteroatoms. The lowest BCUT2D eigenvalue weighted by Gasteiger charge is -2.08. The summed E-state index contributed by atoms with van der Waals surface area (Å²) in [6, 6.07) is 9.59. The molecule has 0 atom stereocenters. The molecule has 5 nitrogen and oxygen atoms in total. The Labute approximate surface area is 124 Å². The Balaban J connectivity index is 2.23. The van der Waals surface area contributed by atoms with Gasteiger partial charge in [-0.15, -0.1) is 0 Å². The van der Waals surface area contributed by atoms with E-state index in [1.807, 2.05) is 30.3 Å². The summed E-state index contributed by atoms with van der Waals surface area (Å²) in [6.45, 7) is 5.71. The summed E-state index contributed by atoms with van der Waals surface area (Å²) < 4.78 is 0. The molecule has 2 amide bonds. The van der Waals surface area contributed by atoms with Crippen LogP contribution in [0.5, 0.6) is 0 Å². The van der Waals surface area contributed by atoms with Crippen molar-refractivity contribution in [3.05, 3.63) is 48.0 Å². The summed E-state index contributed by atoms with van der Waals surface area (Å²) in [4.78, 5) is 33.7. The van der Waals surface area contributed by atoms with E-state index in [1.165, 1.54) is 6.92 Å². The highest BCUT2D eigenvalue weighted by molar-refractivity contribution is 5.96. The van der Waals surface area contributed by atoms with Crippen LogP contribution in [-0.4, -0.2) is 30.7 Å². The maximum Gasteiger partial charge on any atom is 0.247 e. The van der Waals surface area contributed by atoms with Crippen LogP contribution in [0.1, 0.15) is 18.9 Å². The summed E-state index contributed by atoms with van der Waals surface area (Å²) in [7, 11) is 0. The van der Waals surface area contributed by atoms with Gasteiger partial charge in [0.15, 0.2) is 0 Å². The third-order valence-electron chi connectivity index (χ3n) is 2.72. The first kappa shape index (κ1) is 16.6. The Bertz CT molecular complexity index is 524. The number of Topliss-reactive ketones (excluding diaryl/α,β-unsaturated/α-hetero) is 1. The molecule has 21 heavy (non-hydrogen) atoms. The van der Waals surface area contributed by atoms with Crippen molar-refractivity contribution in [3.8, 4) is 0 Å². The van der Waals surface area contributed by atoms with Gasteiger partial charge in [0.25, 0.3) is 0 Å². The largest absolute Gasteiger partial charge is 0.354 e. The fraction of sp³-hybridized carbons (Fsp3) is 0.312. The van der Waals surface area contributed by atoms with Gasteiger partial charge in [0.05, 0.1) is 6.42 Å². The molecule has 1 rings (SSSR count). The molecule has 0 saturated carbocycles. The highest BCUT2D eigenvalue weighted by Crippen LogP contribution is 2.05. The third-order valence-corrected chi connectivity index (χ3v) is 2.72. The maximum atomic E-state index is 11.8. The molecule has 1 aromatic carbocycles. The molecule has 0 bridgehead atoms. The van der Waals surface area contributed by atoms with Crippen LogP contribution in [-0.2, 0) is 20.8 Å². The van der Waals surface area contributed by atoms with Gasteiger partial charge in [-0.1, -0.05) is 36.9 Å². The number of benzene rings is 1. The maximum absolute atomic E-state index is 11.8. The number of carbonyl (C=O) groups excluding carboxylic acids is 3. The number of hydrogen-bond donors (Lipinski definition) is 2. The molecule has 0 aliphatic carbocycles. The Morgan fingerprint density at radius 2 is 1.67 bits per heavy atom. The van der Waals surface area contributed by atoms with Gasteiger partial charge in [-0.2, -0.15) is 0 Å². The number of ketones is 1. The standard InChI is InChI=1S/C16H20N2O3/c1-12(10-14-6-4-3-5-7-14)16(21)18-9-8-17-15(20)11-13(2)19/h3-7H,1,8-11H2,2H3,(H,17,20)(H,18,21). The average Bonchev–Trinajstić information content (AvgIpc) is 2.43. The second-order valence-electron chi connectivity index (χ2n) is 4.75. The van der Waals surface area contributed by atoms with Crippen molar-refractivity contribution in [3.63, 3.8) is 0 Å². The molecular formula is C16H20N2O3. The fourth-order valence-electron chi connectivity index (χ4n) is 1.71. The summed E-state index contributed by atoms with van der Waals surface area (Å²) in [5, 5.41) is 5.23. The van der Waals surface area contributed by atoms with E-state index in [2.05, 4.69) is 17.2 Å². The highest BCUT2D eigenvalue weighted by atomic mass is 16.2. The lowest BCUT2D eigenvalue weighted by atomic mass is 10.1. The van der Waals surface area contributed by atoms with E-state index in [0.29, 0.717) is 18.5 Å². The van der Waals surface area contributed by atoms with Crippen LogP contribution < -0.4 is 10.6 Å². The van der Waals surface area contributed by atoms with Crippen molar-refractivity contribution in [2.45, 2.75) is 19.8 Å². The second-order valence-corrected chi connectivity index (χ2v) is 4.75. The highest BCUT2D eigenvalue weighted by Gasteiger charge is 2.08. The molecule has 0 unspecified atom stereocenters. The number of hydrogen-bond acceptors (Lipinski definition) is 3. The summed E-state index contributed by atoms with van der Waals surface area (Å²) in [5.41, 5.74) is 1.49. The van der Waals surface area contributed by atoms with Gasteiger partial charge in [-0.05, 0) is 12.5 Å². The van der Waals surface area contributed by atoms with Crippen LogP contribution in [0.25, 0.3) is 0 Å². The molecule has 2 N–H and O–H groups in total. The van der Waals surface area contributed by atoms with Crippen LogP contribution in [0.3, 0.4) is 0 Å². The minimum Gasteiger partial charge on any atom is -0.354 e. The van der Waals surface area contributed by atoms with Crippen LogP contribution in [0.4, 0.5) is 0 Å². The predicted octanol–water partition coefficient (Wildman–Crippen LogP) is 0.997. The van der Waals surface area contributed by atoms with E-state index in [9.17, 15) is 14.4 Å². The van der Waals surface area contributed by atoms with Crippen molar-refractivity contribution < 1.29 is 14.4 Å². The zero-order valence-corrected chi connectivity index (χ0v) is 12.1. The van der Waals surface area contributed by atoms with Gasteiger partial charge in [0.2, 0.25) is 11.8 Å². The molecule has 0 heterocycles. The topological polar surface area (TPSA) is 75.3 Å². The molecule has 0 aliphatic rings. The minimum atomic E-state index is -0.333. The molecule has 0 fully saturated rings. The van der Waals surface area contributed by atoms with Crippen LogP contribution >= 0.6 is 0 Å². The van der Waals surface area contributed by atoms with Gasteiger partial charge < -0.3 is 10.6 Å². The molecule has 0 radical (unpaired) electrons. The van der Waals surface area contributed by atoms with Gasteiger partial charge in [-0.25, -0.2) is 0 Å². The van der Waals surface area contributed by atoms with Crippen LogP contribution in [0.2, 0.25) is 0 Å². The van der Waals surface area contributed by atoms with Gasteiger partial charge in [0, 0.05) is 25.1 Å². The van der Waals surface area contributed by atoms with E-state index >= 15 is 0 Å². The SMILES string of the molecule is C=C(Cc1ccccc1)C(=O)NCCNC(=O)CC(C)=O. The fourth-order valence-corrected chi connectivity index (χ4v) is 1.71. The van der Waals surface area contributed by atoms with Crippen molar-refractivity contribution in [2.75, 3.05) is 13.1 Å². The quantitative estimate of drug-likeness (QED) is 0.426. The molecular weight excluding hydrogens is 268 g/mol. The Morgan fingerprint density at radius 1 is 1.05 bits per heavy atom. The lowest BCUT2D eigenvalue weighted by molar-refractivity contribution is -0.127. The number of amides is 2. The minimum absolute atomic E-state index is 0.130. The number of carbonyl (C=O) groups is 3. The number of nitrogens with one attached hydrogen (secondary N) is 2. The molecule has 0 aromatic heterocycles. The number of rotatable bonds is 8. The Kier molecular flexibility index (Phi) is 6.87. The Morgan fingerprint density at radius 3 is 2.29 bits per heavy atom. The molecule has 0 aliphatic heterocycles. The van der Waals surface area contributed by atoms with Gasteiger partial charge >= 0.3 is 0 Å². The van der Waals surface area contributed by atoms with Crippen molar-refractivity contribution in [1.82, 2.24) is 10.6 Å². The van der Waals surface area contributed by atoms with Gasteiger partial charge in [-0.3, -0.25) is 14.4 Å². The Hall–Kier alpha value is -2.43. The second kappa shape index (κ2) is 8.68. The van der Waals surface area contributed by atoms with Gasteiger partial charge in [0.1, 0.15) is 5.78 Å².